The number of nitro groups is 1. The highest BCUT2D eigenvalue weighted by Gasteiger charge is 2.20. The molecule has 1 aromatic heterocycles. The molecule has 0 saturated carbocycles. The Balaban J connectivity index is 1.73. The van der Waals surface area contributed by atoms with E-state index in [2.05, 4.69) is 15.4 Å². The number of nitro benzene ring substituents is 1. The molecule has 1 heterocycles. The van der Waals surface area contributed by atoms with Crippen molar-refractivity contribution in [2.75, 3.05) is 5.32 Å². The van der Waals surface area contributed by atoms with E-state index < -0.39 is 22.5 Å². The van der Waals surface area contributed by atoms with Gasteiger partial charge in [0.2, 0.25) is 5.82 Å². The lowest BCUT2D eigenvalue weighted by molar-refractivity contribution is -0.384. The average Bonchev–Trinajstić information content (AvgIpc) is 3.20. The van der Waals surface area contributed by atoms with Crippen LogP contribution in [0.4, 0.5) is 20.2 Å². The van der Waals surface area contributed by atoms with Crippen molar-refractivity contribution in [2.24, 2.45) is 0 Å². The van der Waals surface area contributed by atoms with Crippen LogP contribution in [0.15, 0.2) is 72.8 Å². The fourth-order valence-electron chi connectivity index (χ4n) is 2.84. The van der Waals surface area contributed by atoms with Gasteiger partial charge in [-0.15, -0.1) is 5.10 Å². The van der Waals surface area contributed by atoms with Crippen molar-refractivity contribution in [1.82, 2.24) is 14.8 Å². The molecule has 4 aromatic rings. The number of halogens is 2. The number of nitrogens with one attached hydrogen (secondary N) is 1. The minimum atomic E-state index is -0.704. The van der Waals surface area contributed by atoms with Crippen molar-refractivity contribution in [3.8, 4) is 17.1 Å². The van der Waals surface area contributed by atoms with Crippen molar-refractivity contribution in [3.63, 3.8) is 0 Å². The third kappa shape index (κ3) is 4.27. The standard InChI is InChI=1S/C21H13F2N5O3/c22-14-6-4-13(5-7-14)20-25-19(26-27(20)17-10-8-15(23)9-11-17)21(29)24-16-2-1-3-18(12-16)28(30)31/h1-12H,(H,24,29). The lowest BCUT2D eigenvalue weighted by Crippen LogP contribution is -2.14. The highest BCUT2D eigenvalue weighted by molar-refractivity contribution is 6.02. The van der Waals surface area contributed by atoms with Crippen molar-refractivity contribution in [3.05, 3.63) is 100 Å². The maximum Gasteiger partial charge on any atom is 0.295 e. The van der Waals surface area contributed by atoms with Gasteiger partial charge in [-0.2, -0.15) is 0 Å². The van der Waals surface area contributed by atoms with E-state index in [1.54, 1.807) is 0 Å². The Labute approximate surface area is 173 Å². The van der Waals surface area contributed by atoms with Crippen LogP contribution in [0.1, 0.15) is 10.6 Å². The second-order valence-corrected chi connectivity index (χ2v) is 6.42. The molecule has 10 heteroatoms. The van der Waals surface area contributed by atoms with Crippen molar-refractivity contribution >= 4 is 17.3 Å². The van der Waals surface area contributed by atoms with Gasteiger partial charge in [-0.05, 0) is 54.6 Å². The van der Waals surface area contributed by atoms with Crippen LogP contribution in [-0.2, 0) is 0 Å². The Morgan fingerprint density at radius 2 is 1.61 bits per heavy atom. The van der Waals surface area contributed by atoms with E-state index in [-0.39, 0.29) is 23.0 Å². The lowest BCUT2D eigenvalue weighted by atomic mass is 10.2. The highest BCUT2D eigenvalue weighted by atomic mass is 19.1. The lowest BCUT2D eigenvalue weighted by Gasteiger charge is -2.05. The smallest absolute Gasteiger partial charge is 0.295 e. The van der Waals surface area contributed by atoms with Gasteiger partial charge in [0, 0.05) is 23.4 Å². The van der Waals surface area contributed by atoms with Crippen LogP contribution < -0.4 is 5.32 Å². The number of benzene rings is 3. The molecule has 0 spiro atoms. The zero-order valence-corrected chi connectivity index (χ0v) is 15.7. The van der Waals surface area contributed by atoms with Crippen LogP contribution in [0.5, 0.6) is 0 Å². The minimum absolute atomic E-state index is 0.186. The van der Waals surface area contributed by atoms with Gasteiger partial charge >= 0.3 is 0 Å². The first kappa shape index (κ1) is 19.8. The molecule has 0 aliphatic heterocycles. The summed E-state index contributed by atoms with van der Waals surface area (Å²) in [6, 6.07) is 16.2. The highest BCUT2D eigenvalue weighted by Crippen LogP contribution is 2.23. The average molecular weight is 421 g/mol. The van der Waals surface area contributed by atoms with Crippen molar-refractivity contribution in [2.45, 2.75) is 0 Å². The van der Waals surface area contributed by atoms with Gasteiger partial charge in [0.05, 0.1) is 10.6 Å². The molecule has 3 aromatic carbocycles. The van der Waals surface area contributed by atoms with Crippen LogP contribution >= 0.6 is 0 Å². The molecule has 0 bridgehead atoms. The molecule has 4 rings (SSSR count). The van der Waals surface area contributed by atoms with Gasteiger partial charge in [0.25, 0.3) is 11.6 Å². The first-order chi connectivity index (χ1) is 14.9. The van der Waals surface area contributed by atoms with Crippen LogP contribution in [0, 0.1) is 21.7 Å². The quantitative estimate of drug-likeness (QED) is 0.381. The van der Waals surface area contributed by atoms with Crippen LogP contribution in [-0.4, -0.2) is 25.6 Å². The summed E-state index contributed by atoms with van der Waals surface area (Å²) in [6.45, 7) is 0. The maximum atomic E-state index is 13.3. The third-order valence-electron chi connectivity index (χ3n) is 4.30. The van der Waals surface area contributed by atoms with E-state index in [1.165, 1.54) is 77.5 Å². The summed E-state index contributed by atoms with van der Waals surface area (Å²) in [5.41, 5.74) is 0.922. The number of non-ortho nitro benzene ring substituents is 1. The number of hydrogen-bond donors (Lipinski definition) is 1. The van der Waals surface area contributed by atoms with Gasteiger partial charge in [-0.1, -0.05) is 6.07 Å². The number of hydrogen-bond acceptors (Lipinski definition) is 5. The SMILES string of the molecule is O=C(Nc1cccc([N+](=O)[O-])c1)c1nc(-c2ccc(F)cc2)n(-c2ccc(F)cc2)n1. The second kappa shape index (κ2) is 8.11. The number of nitrogens with zero attached hydrogens (tertiary/aromatic N) is 4. The largest absolute Gasteiger partial charge is 0.319 e. The summed E-state index contributed by atoms with van der Waals surface area (Å²) < 4.78 is 28.0. The summed E-state index contributed by atoms with van der Waals surface area (Å²) in [7, 11) is 0. The van der Waals surface area contributed by atoms with E-state index in [0.717, 1.165) is 0 Å². The molecule has 0 atom stereocenters. The monoisotopic (exact) mass is 421 g/mol. The first-order valence-corrected chi connectivity index (χ1v) is 8.95. The molecule has 0 unspecified atom stereocenters. The molecule has 1 amide bonds. The number of amides is 1. The van der Waals surface area contributed by atoms with Gasteiger partial charge in [0.1, 0.15) is 11.6 Å². The van der Waals surface area contributed by atoms with Gasteiger partial charge in [0.15, 0.2) is 5.82 Å². The maximum absolute atomic E-state index is 13.3. The molecule has 8 nitrogen and oxygen atoms in total. The summed E-state index contributed by atoms with van der Waals surface area (Å²) in [4.78, 5) is 27.3. The number of carbonyl (C=O) groups is 1. The van der Waals surface area contributed by atoms with Crippen molar-refractivity contribution in [1.29, 1.82) is 0 Å². The van der Waals surface area contributed by atoms with Gasteiger partial charge in [-0.25, -0.2) is 18.4 Å². The van der Waals surface area contributed by atoms with E-state index >= 15 is 0 Å². The molecular formula is C21H13F2N5O3. The van der Waals surface area contributed by atoms with Crippen LogP contribution in [0.2, 0.25) is 0 Å². The molecule has 0 aliphatic carbocycles. The normalized spacial score (nSPS) is 10.6. The fraction of sp³-hybridized carbons (Fsp3) is 0. The predicted molar refractivity (Wildman–Crippen MR) is 108 cm³/mol. The number of aromatic nitrogens is 3. The Morgan fingerprint density at radius 3 is 2.26 bits per heavy atom. The van der Waals surface area contributed by atoms with Crippen LogP contribution in [0.3, 0.4) is 0 Å². The van der Waals surface area contributed by atoms with E-state index in [9.17, 15) is 23.7 Å². The molecule has 0 aliphatic rings. The molecule has 154 valence electrons. The zero-order valence-electron chi connectivity index (χ0n) is 15.7. The van der Waals surface area contributed by atoms with E-state index in [1.807, 2.05) is 0 Å². The number of anilines is 1. The summed E-state index contributed by atoms with van der Waals surface area (Å²) >= 11 is 0. The first-order valence-electron chi connectivity index (χ1n) is 8.95. The molecule has 0 saturated heterocycles. The summed E-state index contributed by atoms with van der Waals surface area (Å²) in [5.74, 6) is -1.59. The van der Waals surface area contributed by atoms with E-state index in [4.69, 9.17) is 0 Å². The molecule has 0 radical (unpaired) electrons. The minimum Gasteiger partial charge on any atom is -0.319 e. The Bertz CT molecular complexity index is 1210. The predicted octanol–water partition coefficient (Wildman–Crippen LogP) is 4.37. The molecular weight excluding hydrogens is 408 g/mol. The van der Waals surface area contributed by atoms with E-state index in [0.29, 0.717) is 11.3 Å². The van der Waals surface area contributed by atoms with Crippen LogP contribution in [0.25, 0.3) is 17.1 Å². The Morgan fingerprint density at radius 1 is 0.968 bits per heavy atom. The summed E-state index contributed by atoms with van der Waals surface area (Å²) in [6.07, 6.45) is 0. The second-order valence-electron chi connectivity index (χ2n) is 6.42. The molecule has 31 heavy (non-hydrogen) atoms. The Kier molecular flexibility index (Phi) is 5.19. The van der Waals surface area contributed by atoms with Gasteiger partial charge < -0.3 is 5.32 Å². The number of carbonyl (C=O) groups excluding carboxylic acids is 1. The zero-order chi connectivity index (χ0) is 22.0. The summed E-state index contributed by atoms with van der Waals surface area (Å²) in [5, 5.41) is 17.6. The number of rotatable bonds is 5. The topological polar surface area (TPSA) is 103 Å². The fourth-order valence-corrected chi connectivity index (χ4v) is 2.84. The molecule has 1 N–H and O–H groups in total. The van der Waals surface area contributed by atoms with Gasteiger partial charge in [-0.3, -0.25) is 14.9 Å². The Hall–Kier alpha value is -4.47. The third-order valence-corrected chi connectivity index (χ3v) is 4.30. The van der Waals surface area contributed by atoms with Crippen molar-refractivity contribution < 1.29 is 18.5 Å². The molecule has 0 fully saturated rings.